The van der Waals surface area contributed by atoms with E-state index in [9.17, 15) is 15.3 Å². The van der Waals surface area contributed by atoms with Crippen LogP contribution < -0.4 is 0 Å². The first-order valence-electron chi connectivity index (χ1n) is 14.2. The lowest BCUT2D eigenvalue weighted by atomic mass is 9.57. The lowest BCUT2D eigenvalue weighted by Crippen LogP contribution is -2.39. The number of aromatic nitrogens is 1. The Morgan fingerprint density at radius 1 is 1.19 bits per heavy atom. The lowest BCUT2D eigenvalue weighted by Gasteiger charge is -2.47. The number of hydrogen-bond acceptors (Lipinski definition) is 5. The Bertz CT molecular complexity index is 1120. The average Bonchev–Trinajstić information content (AvgIpc) is 3.40. The molecule has 0 aliphatic heterocycles. The summed E-state index contributed by atoms with van der Waals surface area (Å²) in [5.74, 6) is 1.74. The summed E-state index contributed by atoms with van der Waals surface area (Å²) in [6, 6.07) is 0. The number of aliphatic hydroxyl groups is 3. The van der Waals surface area contributed by atoms with Gasteiger partial charge in [0.25, 0.3) is 0 Å². The molecule has 6 atom stereocenters. The normalized spacial score (nSPS) is 36.9. The quantitative estimate of drug-likeness (QED) is 0.405. The molecule has 5 rings (SSSR count). The predicted molar refractivity (Wildman–Crippen MR) is 146 cm³/mol. The van der Waals surface area contributed by atoms with E-state index in [2.05, 4.69) is 50.6 Å². The van der Waals surface area contributed by atoms with Crippen LogP contribution in [-0.2, 0) is 5.41 Å². The maximum Gasteiger partial charge on any atom is 0.203 e. The van der Waals surface area contributed by atoms with Crippen LogP contribution in [0, 0.1) is 29.6 Å². The molecule has 0 saturated heterocycles. The van der Waals surface area contributed by atoms with Crippen molar-refractivity contribution < 1.29 is 19.7 Å². The summed E-state index contributed by atoms with van der Waals surface area (Å²) >= 11 is 0. The molecule has 4 aliphatic carbocycles. The first kappa shape index (κ1) is 26.6. The minimum absolute atomic E-state index is 0.0418. The summed E-state index contributed by atoms with van der Waals surface area (Å²) in [5.41, 5.74) is 3.90. The summed E-state index contributed by atoms with van der Waals surface area (Å²) < 4.78 is 5.68. The number of aliphatic hydroxyl groups excluding tert-OH is 3. The first-order valence-corrected chi connectivity index (χ1v) is 14.2. The van der Waals surface area contributed by atoms with Gasteiger partial charge in [-0.1, -0.05) is 57.2 Å². The van der Waals surface area contributed by atoms with E-state index in [4.69, 9.17) is 4.42 Å². The zero-order valence-electron chi connectivity index (χ0n) is 23.0. The van der Waals surface area contributed by atoms with Gasteiger partial charge in [0.05, 0.1) is 29.4 Å². The van der Waals surface area contributed by atoms with Crippen molar-refractivity contribution in [2.75, 3.05) is 0 Å². The van der Waals surface area contributed by atoms with Crippen molar-refractivity contribution in [3.63, 3.8) is 0 Å². The van der Waals surface area contributed by atoms with E-state index in [0.29, 0.717) is 30.6 Å². The van der Waals surface area contributed by atoms with Gasteiger partial charge in [-0.25, -0.2) is 4.98 Å². The van der Waals surface area contributed by atoms with Crippen LogP contribution in [0.3, 0.4) is 0 Å². The zero-order valence-corrected chi connectivity index (χ0v) is 23.0. The Kier molecular flexibility index (Phi) is 6.96. The highest BCUT2D eigenvalue weighted by Gasteiger charge is 2.55. The fourth-order valence-corrected chi connectivity index (χ4v) is 7.92. The van der Waals surface area contributed by atoms with Crippen molar-refractivity contribution in [2.45, 2.75) is 109 Å². The van der Waals surface area contributed by atoms with Crippen LogP contribution in [0.5, 0.6) is 0 Å². The third kappa shape index (κ3) is 4.84. The van der Waals surface area contributed by atoms with E-state index >= 15 is 0 Å². The number of oxazole rings is 1. The highest BCUT2D eigenvalue weighted by Crippen LogP contribution is 2.62. The van der Waals surface area contributed by atoms with Crippen LogP contribution in [0.2, 0.25) is 0 Å². The fourth-order valence-electron chi connectivity index (χ4n) is 7.92. The van der Waals surface area contributed by atoms with Crippen molar-refractivity contribution in [1.82, 2.24) is 4.98 Å². The van der Waals surface area contributed by atoms with E-state index in [1.54, 1.807) is 6.26 Å². The number of rotatable bonds is 6. The molecule has 0 radical (unpaired) electrons. The van der Waals surface area contributed by atoms with Crippen molar-refractivity contribution >= 4 is 0 Å². The van der Waals surface area contributed by atoms with Crippen LogP contribution in [0.4, 0.5) is 0 Å². The highest BCUT2D eigenvalue weighted by molar-refractivity contribution is 5.39. The molecule has 0 aromatic carbocycles. The third-order valence-electron chi connectivity index (χ3n) is 10.2. The molecule has 37 heavy (non-hydrogen) atoms. The molecule has 1 heterocycles. The van der Waals surface area contributed by atoms with E-state index < -0.39 is 18.3 Å². The molecule has 5 nitrogen and oxygen atoms in total. The first-order chi connectivity index (χ1) is 17.5. The standard InChI is InChI=1S/C32H45NO4/c1-20-19-37-29(33-20)32(15-16-32)28(36)12-14-30(3,4)27-11-10-25-22(7-6-13-31(25,27)5)8-9-23-17-24(34)18-26(35)21(23)2/h8-9,12,14,19,24-28,34-36H,2,6-7,10-11,13,15-18H2,1,3-5H3/t24-,25+,26+,27-,28-,31+/m1/s1. The van der Waals surface area contributed by atoms with Gasteiger partial charge in [-0.15, -0.1) is 0 Å². The van der Waals surface area contributed by atoms with Gasteiger partial charge in [0.2, 0.25) is 5.89 Å². The van der Waals surface area contributed by atoms with Crippen molar-refractivity contribution in [3.05, 3.63) is 65.5 Å². The second-order valence-corrected chi connectivity index (χ2v) is 13.2. The largest absolute Gasteiger partial charge is 0.448 e. The number of nitrogens with zero attached hydrogens (tertiary/aromatic N) is 1. The molecule has 1 aromatic rings. The molecule has 4 fully saturated rings. The summed E-state index contributed by atoms with van der Waals surface area (Å²) in [6.45, 7) is 13.1. The van der Waals surface area contributed by atoms with Crippen molar-refractivity contribution in [1.29, 1.82) is 0 Å². The molecule has 0 spiro atoms. The Morgan fingerprint density at radius 3 is 2.62 bits per heavy atom. The summed E-state index contributed by atoms with van der Waals surface area (Å²) in [4.78, 5) is 4.52. The smallest absolute Gasteiger partial charge is 0.203 e. The zero-order chi connectivity index (χ0) is 26.6. The Morgan fingerprint density at radius 2 is 1.95 bits per heavy atom. The minimum Gasteiger partial charge on any atom is -0.448 e. The molecular formula is C32H45NO4. The number of aryl methyl sites for hydroxylation is 1. The predicted octanol–water partition coefficient (Wildman–Crippen LogP) is 6.10. The summed E-state index contributed by atoms with van der Waals surface area (Å²) in [6.07, 6.45) is 17.3. The van der Waals surface area contributed by atoms with Gasteiger partial charge in [-0.2, -0.15) is 0 Å². The van der Waals surface area contributed by atoms with Gasteiger partial charge in [-0.3, -0.25) is 0 Å². The Hall–Kier alpha value is -1.95. The van der Waals surface area contributed by atoms with Crippen LogP contribution in [0.25, 0.3) is 0 Å². The molecule has 1 aromatic heterocycles. The number of allylic oxidation sites excluding steroid dienone is 4. The van der Waals surface area contributed by atoms with Gasteiger partial charge >= 0.3 is 0 Å². The van der Waals surface area contributed by atoms with Crippen LogP contribution in [0.1, 0.15) is 90.1 Å². The summed E-state index contributed by atoms with van der Waals surface area (Å²) in [7, 11) is 0. The SMILES string of the molecule is C=C1C(=CC=C2CCC[C@]3(C)[C@@H](C(C)(C)C=C[C@@H](O)C4(c5nc(C)co5)CC4)CC[C@@H]23)C[C@@H](O)C[C@@H]1O. The van der Waals surface area contributed by atoms with Gasteiger partial charge in [0.15, 0.2) is 0 Å². The Balaban J connectivity index is 1.33. The number of fused-ring (bicyclic) bond motifs is 1. The number of hydrogen-bond donors (Lipinski definition) is 3. The van der Waals surface area contributed by atoms with Crippen molar-refractivity contribution in [2.24, 2.45) is 22.7 Å². The van der Waals surface area contributed by atoms with E-state index in [1.807, 2.05) is 13.0 Å². The molecule has 5 heteroatoms. The van der Waals surface area contributed by atoms with Crippen LogP contribution in [-0.4, -0.2) is 38.6 Å². The van der Waals surface area contributed by atoms with Crippen molar-refractivity contribution in [3.8, 4) is 0 Å². The second-order valence-electron chi connectivity index (χ2n) is 13.2. The van der Waals surface area contributed by atoms with Gasteiger partial charge in [-0.05, 0) is 92.1 Å². The monoisotopic (exact) mass is 507 g/mol. The molecule has 4 saturated carbocycles. The van der Waals surface area contributed by atoms with E-state index in [1.165, 1.54) is 31.3 Å². The van der Waals surface area contributed by atoms with Gasteiger partial charge < -0.3 is 19.7 Å². The third-order valence-corrected chi connectivity index (χ3v) is 10.2. The molecule has 0 unspecified atom stereocenters. The molecule has 202 valence electrons. The maximum absolute atomic E-state index is 11.2. The Labute approximate surface area is 222 Å². The van der Waals surface area contributed by atoms with Crippen LogP contribution in [0.15, 0.2) is 58.3 Å². The topological polar surface area (TPSA) is 86.7 Å². The van der Waals surface area contributed by atoms with Gasteiger partial charge in [0, 0.05) is 6.42 Å². The lowest BCUT2D eigenvalue weighted by molar-refractivity contribution is 0.0705. The minimum atomic E-state index is -0.647. The maximum atomic E-state index is 11.2. The van der Waals surface area contributed by atoms with E-state index in [0.717, 1.165) is 36.1 Å². The van der Waals surface area contributed by atoms with Crippen LogP contribution >= 0.6 is 0 Å². The molecule has 4 aliphatic rings. The fraction of sp³-hybridized carbons (Fsp3) is 0.656. The van der Waals surface area contributed by atoms with E-state index in [-0.39, 0.29) is 16.2 Å². The van der Waals surface area contributed by atoms with Gasteiger partial charge in [0.1, 0.15) is 6.26 Å². The molecular weight excluding hydrogens is 462 g/mol. The average molecular weight is 508 g/mol. The second kappa shape index (κ2) is 9.66. The molecule has 0 amide bonds. The molecule has 0 bridgehead atoms. The summed E-state index contributed by atoms with van der Waals surface area (Å²) in [5, 5.41) is 31.5. The molecule has 3 N–H and O–H groups in total. The highest BCUT2D eigenvalue weighted by atomic mass is 16.3.